The number of nitrogens with zero attached hydrogens (tertiary/aromatic N) is 2. The molecule has 0 heterocycles. The second-order valence-corrected chi connectivity index (χ2v) is 12.1. The van der Waals surface area contributed by atoms with Crippen LogP contribution in [0.3, 0.4) is 0 Å². The van der Waals surface area contributed by atoms with Gasteiger partial charge in [-0.3, -0.25) is 13.9 Å². The van der Waals surface area contributed by atoms with Crippen LogP contribution >= 0.6 is 0 Å². The molecule has 1 atom stereocenters. The normalized spacial score (nSPS) is 14.5. The van der Waals surface area contributed by atoms with E-state index in [0.29, 0.717) is 12.1 Å². The van der Waals surface area contributed by atoms with Gasteiger partial charge in [-0.05, 0) is 68.1 Å². The van der Waals surface area contributed by atoms with Gasteiger partial charge in [0.05, 0.1) is 10.6 Å². The van der Waals surface area contributed by atoms with Crippen LogP contribution in [0, 0.1) is 12.7 Å². The molecular weight excluding hydrogens is 529 g/mol. The maximum Gasteiger partial charge on any atom is 0.264 e. The molecule has 1 aliphatic carbocycles. The summed E-state index contributed by atoms with van der Waals surface area (Å²) >= 11 is 0. The maximum atomic E-state index is 14.1. The molecule has 0 aromatic heterocycles. The van der Waals surface area contributed by atoms with Crippen LogP contribution in [-0.4, -0.2) is 43.8 Å². The third-order valence-corrected chi connectivity index (χ3v) is 9.04. The lowest BCUT2D eigenvalue weighted by atomic mass is 10.1. The Hall–Kier alpha value is -3.72. The molecule has 9 heteroatoms. The minimum atomic E-state index is -4.23. The molecule has 7 nitrogen and oxygen atoms in total. The highest BCUT2D eigenvalue weighted by molar-refractivity contribution is 7.92. The number of nitrogens with one attached hydrogen (secondary N) is 1. The zero-order chi connectivity index (χ0) is 28.7. The Labute approximate surface area is 236 Å². The van der Waals surface area contributed by atoms with E-state index >= 15 is 0 Å². The molecule has 1 saturated carbocycles. The monoisotopic (exact) mass is 565 g/mol. The highest BCUT2D eigenvalue weighted by atomic mass is 32.2. The van der Waals surface area contributed by atoms with Crippen molar-refractivity contribution < 1.29 is 22.4 Å². The molecule has 1 fully saturated rings. The van der Waals surface area contributed by atoms with Crippen LogP contribution in [0.4, 0.5) is 10.1 Å². The molecule has 0 aliphatic heterocycles. The second kappa shape index (κ2) is 13.1. The predicted octanol–water partition coefficient (Wildman–Crippen LogP) is 5.20. The van der Waals surface area contributed by atoms with Crippen LogP contribution in [0.25, 0.3) is 0 Å². The van der Waals surface area contributed by atoms with Crippen molar-refractivity contribution in [3.63, 3.8) is 0 Å². The largest absolute Gasteiger partial charge is 0.352 e. The highest BCUT2D eigenvalue weighted by Gasteiger charge is 2.34. The standard InChI is InChI=1S/C31H36FN3O4S/c1-3-29(31(37)33-26-12-7-8-13-26)34(21-24-11-9-10-23(2)20-24)30(36)22-35(27-14-5-4-6-15-27)40(38,39)28-18-16-25(32)17-19-28/h4-6,9-11,14-20,26,29H,3,7-8,12-13,21-22H2,1-2H3,(H,33,37)/t29-/m0/s1. The molecule has 40 heavy (non-hydrogen) atoms. The van der Waals surface area contributed by atoms with E-state index in [-0.39, 0.29) is 23.4 Å². The van der Waals surface area contributed by atoms with Gasteiger partial charge in [0.15, 0.2) is 0 Å². The number of rotatable bonds is 11. The summed E-state index contributed by atoms with van der Waals surface area (Å²) in [6.45, 7) is 3.42. The molecule has 0 bridgehead atoms. The van der Waals surface area contributed by atoms with E-state index < -0.39 is 34.3 Å². The fourth-order valence-electron chi connectivity index (χ4n) is 5.15. The van der Waals surface area contributed by atoms with Gasteiger partial charge < -0.3 is 10.2 Å². The molecule has 3 aromatic rings. The zero-order valence-electron chi connectivity index (χ0n) is 22.9. The summed E-state index contributed by atoms with van der Waals surface area (Å²) in [4.78, 5) is 28.9. The minimum Gasteiger partial charge on any atom is -0.352 e. The van der Waals surface area contributed by atoms with Crippen molar-refractivity contribution >= 4 is 27.5 Å². The van der Waals surface area contributed by atoms with Crippen LogP contribution in [0.1, 0.15) is 50.2 Å². The van der Waals surface area contributed by atoms with Gasteiger partial charge >= 0.3 is 0 Å². The number of sulfonamides is 1. The SMILES string of the molecule is CC[C@@H](C(=O)NC1CCCC1)N(Cc1cccc(C)c1)C(=O)CN(c1ccccc1)S(=O)(=O)c1ccc(F)cc1. The van der Waals surface area contributed by atoms with Crippen LogP contribution in [0.5, 0.6) is 0 Å². The summed E-state index contributed by atoms with van der Waals surface area (Å²) in [5, 5.41) is 3.11. The molecule has 4 rings (SSSR count). The van der Waals surface area contributed by atoms with Gasteiger partial charge in [0.2, 0.25) is 11.8 Å². The quantitative estimate of drug-likeness (QED) is 0.347. The van der Waals surface area contributed by atoms with Crippen molar-refractivity contribution in [3.8, 4) is 0 Å². The lowest BCUT2D eigenvalue weighted by Gasteiger charge is -2.33. The van der Waals surface area contributed by atoms with Gasteiger partial charge in [-0.15, -0.1) is 0 Å². The Balaban J connectivity index is 1.69. The Morgan fingerprint density at radius 3 is 2.27 bits per heavy atom. The van der Waals surface area contributed by atoms with Crippen molar-refractivity contribution in [2.45, 2.75) is 69.5 Å². The molecule has 3 aromatic carbocycles. The summed E-state index contributed by atoms with van der Waals surface area (Å²) < 4.78 is 42.1. The summed E-state index contributed by atoms with van der Waals surface area (Å²) in [7, 11) is -4.23. The first-order valence-corrected chi connectivity index (χ1v) is 15.1. The first-order chi connectivity index (χ1) is 19.2. The topological polar surface area (TPSA) is 86.8 Å². The van der Waals surface area contributed by atoms with Crippen molar-refractivity contribution in [3.05, 3.63) is 95.8 Å². The van der Waals surface area contributed by atoms with E-state index in [4.69, 9.17) is 0 Å². The first kappa shape index (κ1) is 29.3. The summed E-state index contributed by atoms with van der Waals surface area (Å²) in [6, 6.07) is 19.8. The maximum absolute atomic E-state index is 14.1. The molecule has 1 aliphatic rings. The number of carbonyl (C=O) groups excluding carboxylic acids is 2. The van der Waals surface area contributed by atoms with Crippen LogP contribution in [0.2, 0.25) is 0 Å². The van der Waals surface area contributed by atoms with Crippen molar-refractivity contribution in [2.75, 3.05) is 10.8 Å². The van der Waals surface area contributed by atoms with E-state index in [1.54, 1.807) is 30.3 Å². The summed E-state index contributed by atoms with van der Waals surface area (Å²) in [5.41, 5.74) is 2.14. The molecule has 212 valence electrons. The smallest absolute Gasteiger partial charge is 0.264 e. The van der Waals surface area contributed by atoms with Crippen LogP contribution in [0.15, 0.2) is 83.8 Å². The Bertz CT molecular complexity index is 1410. The van der Waals surface area contributed by atoms with Crippen molar-refractivity contribution in [2.24, 2.45) is 0 Å². The Morgan fingerprint density at radius 1 is 0.975 bits per heavy atom. The van der Waals surface area contributed by atoms with Crippen LogP contribution < -0.4 is 9.62 Å². The third-order valence-electron chi connectivity index (χ3n) is 7.25. The number of benzene rings is 3. The molecular formula is C31H36FN3O4S. The number of halogens is 1. The lowest BCUT2D eigenvalue weighted by Crippen LogP contribution is -2.53. The van der Waals surface area contributed by atoms with Gasteiger partial charge in [0.25, 0.3) is 10.0 Å². The molecule has 1 N–H and O–H groups in total. The van der Waals surface area contributed by atoms with E-state index in [9.17, 15) is 22.4 Å². The Kier molecular flexibility index (Phi) is 9.58. The van der Waals surface area contributed by atoms with E-state index in [1.165, 1.54) is 17.0 Å². The number of hydrogen-bond donors (Lipinski definition) is 1. The van der Waals surface area contributed by atoms with Gasteiger partial charge in [0, 0.05) is 12.6 Å². The molecule has 2 amide bonds. The lowest BCUT2D eigenvalue weighted by molar-refractivity contribution is -0.140. The van der Waals surface area contributed by atoms with E-state index in [2.05, 4.69) is 5.32 Å². The minimum absolute atomic E-state index is 0.0807. The summed E-state index contributed by atoms with van der Waals surface area (Å²) in [6.07, 6.45) is 4.30. The fraction of sp³-hybridized carbons (Fsp3) is 0.355. The van der Waals surface area contributed by atoms with E-state index in [0.717, 1.165) is 53.2 Å². The molecule has 0 spiro atoms. The average molecular weight is 566 g/mol. The number of carbonyl (C=O) groups is 2. The highest BCUT2D eigenvalue weighted by Crippen LogP contribution is 2.25. The molecule has 0 saturated heterocycles. The Morgan fingerprint density at radius 2 is 1.65 bits per heavy atom. The van der Waals surface area contributed by atoms with Gasteiger partial charge in [0.1, 0.15) is 18.4 Å². The van der Waals surface area contributed by atoms with Gasteiger partial charge in [-0.1, -0.05) is 67.8 Å². The zero-order valence-corrected chi connectivity index (χ0v) is 23.7. The van der Waals surface area contributed by atoms with Gasteiger partial charge in [-0.25, -0.2) is 12.8 Å². The van der Waals surface area contributed by atoms with E-state index in [1.807, 2.05) is 38.1 Å². The number of aryl methyl sites for hydroxylation is 1. The summed E-state index contributed by atoms with van der Waals surface area (Å²) in [5.74, 6) is -1.31. The second-order valence-electron chi connectivity index (χ2n) is 10.2. The first-order valence-electron chi connectivity index (χ1n) is 13.7. The number of amides is 2. The number of anilines is 1. The van der Waals surface area contributed by atoms with Crippen LogP contribution in [-0.2, 0) is 26.2 Å². The number of para-hydroxylation sites is 1. The average Bonchev–Trinajstić information content (AvgIpc) is 3.45. The molecule has 0 radical (unpaired) electrons. The third kappa shape index (κ3) is 7.07. The van der Waals surface area contributed by atoms with Crippen molar-refractivity contribution in [1.29, 1.82) is 0 Å². The number of hydrogen-bond acceptors (Lipinski definition) is 4. The predicted molar refractivity (Wildman–Crippen MR) is 154 cm³/mol. The molecule has 0 unspecified atom stereocenters. The van der Waals surface area contributed by atoms with Gasteiger partial charge in [-0.2, -0.15) is 0 Å². The van der Waals surface area contributed by atoms with Crippen molar-refractivity contribution in [1.82, 2.24) is 10.2 Å². The fourth-order valence-corrected chi connectivity index (χ4v) is 6.57.